The SMILES string of the molecule is COc1cc(C=O)c(OCc2cccnc2-c2ccnn2CCO)cn1. The van der Waals surface area contributed by atoms with Gasteiger partial charge in [-0.25, -0.2) is 4.98 Å². The van der Waals surface area contributed by atoms with Crippen LogP contribution < -0.4 is 9.47 Å². The summed E-state index contributed by atoms with van der Waals surface area (Å²) in [6.45, 7) is 0.548. The van der Waals surface area contributed by atoms with Gasteiger partial charge in [0.25, 0.3) is 0 Å². The Labute approximate surface area is 150 Å². The van der Waals surface area contributed by atoms with Crippen molar-refractivity contribution in [1.29, 1.82) is 0 Å². The van der Waals surface area contributed by atoms with Crippen LogP contribution in [0.2, 0.25) is 0 Å². The summed E-state index contributed by atoms with van der Waals surface area (Å²) >= 11 is 0. The van der Waals surface area contributed by atoms with E-state index in [1.54, 1.807) is 17.1 Å². The Morgan fingerprint density at radius 3 is 2.92 bits per heavy atom. The number of aliphatic hydroxyl groups excluding tert-OH is 1. The molecular formula is C18H18N4O4. The lowest BCUT2D eigenvalue weighted by Gasteiger charge is -2.12. The van der Waals surface area contributed by atoms with Gasteiger partial charge in [0.05, 0.1) is 43.4 Å². The molecule has 0 radical (unpaired) electrons. The molecule has 0 aromatic carbocycles. The standard InChI is InChI=1S/C18H18N4O4/c1-25-17-9-14(11-24)16(10-20-17)26-12-13-3-2-5-19-18(13)15-4-6-21-22(15)7-8-23/h2-6,9-11,23H,7-8,12H2,1H3. The van der Waals surface area contributed by atoms with Crippen molar-refractivity contribution in [3.05, 3.63) is 54.0 Å². The van der Waals surface area contributed by atoms with Gasteiger partial charge in [-0.1, -0.05) is 6.07 Å². The minimum absolute atomic E-state index is 0.0203. The quantitative estimate of drug-likeness (QED) is 0.615. The summed E-state index contributed by atoms with van der Waals surface area (Å²) < 4.78 is 12.5. The van der Waals surface area contributed by atoms with Crippen LogP contribution in [0.4, 0.5) is 0 Å². The smallest absolute Gasteiger partial charge is 0.213 e. The highest BCUT2D eigenvalue weighted by molar-refractivity contribution is 5.79. The minimum atomic E-state index is -0.0203. The summed E-state index contributed by atoms with van der Waals surface area (Å²) in [5.74, 6) is 0.703. The van der Waals surface area contributed by atoms with Gasteiger partial charge >= 0.3 is 0 Å². The van der Waals surface area contributed by atoms with Crippen molar-refractivity contribution < 1.29 is 19.4 Å². The summed E-state index contributed by atoms with van der Waals surface area (Å²) in [5.41, 5.74) is 2.65. The van der Waals surface area contributed by atoms with Gasteiger partial charge in [0, 0.05) is 24.0 Å². The molecule has 0 amide bonds. The van der Waals surface area contributed by atoms with Crippen LogP contribution in [0, 0.1) is 0 Å². The van der Waals surface area contributed by atoms with Crippen molar-refractivity contribution in [3.63, 3.8) is 0 Å². The van der Waals surface area contributed by atoms with Crippen LogP contribution in [0.5, 0.6) is 11.6 Å². The average Bonchev–Trinajstić information content (AvgIpc) is 3.15. The fraction of sp³-hybridized carbons (Fsp3) is 0.222. The predicted molar refractivity (Wildman–Crippen MR) is 93.1 cm³/mol. The molecule has 3 aromatic heterocycles. The number of hydrogen-bond acceptors (Lipinski definition) is 7. The Hall–Kier alpha value is -3.26. The third-order valence-corrected chi connectivity index (χ3v) is 3.75. The zero-order valence-corrected chi connectivity index (χ0v) is 14.2. The minimum Gasteiger partial charge on any atom is -0.486 e. The zero-order valence-electron chi connectivity index (χ0n) is 14.2. The van der Waals surface area contributed by atoms with Crippen molar-refractivity contribution in [2.24, 2.45) is 0 Å². The molecule has 26 heavy (non-hydrogen) atoms. The molecule has 0 fully saturated rings. The van der Waals surface area contributed by atoms with Crippen molar-refractivity contribution >= 4 is 6.29 Å². The first-order valence-corrected chi connectivity index (χ1v) is 7.95. The van der Waals surface area contributed by atoms with E-state index in [0.29, 0.717) is 35.7 Å². The van der Waals surface area contributed by atoms with E-state index in [1.165, 1.54) is 19.4 Å². The van der Waals surface area contributed by atoms with Crippen molar-refractivity contribution in [1.82, 2.24) is 19.7 Å². The number of rotatable bonds is 8. The van der Waals surface area contributed by atoms with Gasteiger partial charge in [0.2, 0.25) is 5.88 Å². The normalized spacial score (nSPS) is 10.5. The number of carbonyl (C=O) groups is 1. The van der Waals surface area contributed by atoms with Crippen molar-refractivity contribution in [2.45, 2.75) is 13.2 Å². The fourth-order valence-electron chi connectivity index (χ4n) is 2.51. The van der Waals surface area contributed by atoms with Gasteiger partial charge < -0.3 is 14.6 Å². The maximum atomic E-state index is 11.3. The molecule has 0 aliphatic heterocycles. The average molecular weight is 354 g/mol. The Morgan fingerprint density at radius 2 is 2.15 bits per heavy atom. The summed E-state index contributed by atoms with van der Waals surface area (Å²) in [6, 6.07) is 7.04. The van der Waals surface area contributed by atoms with E-state index in [-0.39, 0.29) is 13.2 Å². The van der Waals surface area contributed by atoms with Crippen LogP contribution in [0.1, 0.15) is 15.9 Å². The number of aliphatic hydroxyl groups is 1. The highest BCUT2D eigenvalue weighted by Crippen LogP contribution is 2.24. The second-order valence-corrected chi connectivity index (χ2v) is 5.35. The fourth-order valence-corrected chi connectivity index (χ4v) is 2.51. The first kappa shape index (κ1) is 17.6. The summed E-state index contributed by atoms with van der Waals surface area (Å²) in [5, 5.41) is 13.4. The lowest BCUT2D eigenvalue weighted by Crippen LogP contribution is -2.08. The largest absolute Gasteiger partial charge is 0.486 e. The van der Waals surface area contributed by atoms with Gasteiger partial charge in [0.1, 0.15) is 12.4 Å². The molecule has 0 saturated carbocycles. The van der Waals surface area contributed by atoms with E-state index >= 15 is 0 Å². The molecular weight excluding hydrogens is 336 g/mol. The molecule has 8 nitrogen and oxygen atoms in total. The number of hydrogen-bond donors (Lipinski definition) is 1. The van der Waals surface area contributed by atoms with Crippen LogP contribution in [0.25, 0.3) is 11.4 Å². The van der Waals surface area contributed by atoms with E-state index < -0.39 is 0 Å². The van der Waals surface area contributed by atoms with Crippen LogP contribution in [-0.2, 0) is 13.2 Å². The third kappa shape index (κ3) is 3.70. The predicted octanol–water partition coefficient (Wildman–Crippen LogP) is 1.73. The zero-order chi connectivity index (χ0) is 18.4. The number of aldehydes is 1. The molecule has 8 heteroatoms. The number of ether oxygens (including phenoxy) is 2. The highest BCUT2D eigenvalue weighted by Gasteiger charge is 2.13. The van der Waals surface area contributed by atoms with E-state index in [1.807, 2.05) is 18.2 Å². The molecule has 0 aliphatic rings. The first-order chi connectivity index (χ1) is 12.8. The van der Waals surface area contributed by atoms with E-state index in [2.05, 4.69) is 15.1 Å². The van der Waals surface area contributed by atoms with Crippen LogP contribution in [0.15, 0.2) is 42.9 Å². The maximum absolute atomic E-state index is 11.3. The number of carbonyl (C=O) groups excluding carboxylic acids is 1. The highest BCUT2D eigenvalue weighted by atomic mass is 16.5. The molecule has 134 valence electrons. The van der Waals surface area contributed by atoms with Crippen molar-refractivity contribution in [2.75, 3.05) is 13.7 Å². The molecule has 3 aromatic rings. The molecule has 0 saturated heterocycles. The Kier molecular flexibility index (Phi) is 5.55. The van der Waals surface area contributed by atoms with Gasteiger partial charge in [0.15, 0.2) is 6.29 Å². The monoisotopic (exact) mass is 354 g/mol. The molecule has 1 N–H and O–H groups in total. The van der Waals surface area contributed by atoms with E-state index in [9.17, 15) is 9.90 Å². The second kappa shape index (κ2) is 8.21. The summed E-state index contributed by atoms with van der Waals surface area (Å²) in [4.78, 5) is 19.8. The van der Waals surface area contributed by atoms with Gasteiger partial charge in [-0.05, 0) is 12.1 Å². The molecule has 3 rings (SSSR count). The van der Waals surface area contributed by atoms with Gasteiger partial charge in [-0.2, -0.15) is 5.10 Å². The molecule has 0 atom stereocenters. The van der Waals surface area contributed by atoms with Gasteiger partial charge in [-0.15, -0.1) is 0 Å². The Morgan fingerprint density at radius 1 is 1.27 bits per heavy atom. The molecule has 0 aliphatic carbocycles. The van der Waals surface area contributed by atoms with Crippen molar-refractivity contribution in [3.8, 4) is 23.0 Å². The summed E-state index contributed by atoms with van der Waals surface area (Å²) in [7, 11) is 1.48. The number of pyridine rings is 2. The van der Waals surface area contributed by atoms with Crippen LogP contribution >= 0.6 is 0 Å². The Balaban J connectivity index is 1.86. The number of methoxy groups -OCH3 is 1. The summed E-state index contributed by atoms with van der Waals surface area (Å²) in [6.07, 6.45) is 5.48. The second-order valence-electron chi connectivity index (χ2n) is 5.35. The molecule has 0 bridgehead atoms. The lowest BCUT2D eigenvalue weighted by atomic mass is 10.1. The van der Waals surface area contributed by atoms with E-state index in [4.69, 9.17) is 9.47 Å². The third-order valence-electron chi connectivity index (χ3n) is 3.75. The number of nitrogens with zero attached hydrogens (tertiary/aromatic N) is 4. The van der Waals surface area contributed by atoms with E-state index in [0.717, 1.165) is 11.3 Å². The topological polar surface area (TPSA) is 99.4 Å². The molecule has 0 unspecified atom stereocenters. The van der Waals surface area contributed by atoms with Crippen LogP contribution in [0.3, 0.4) is 0 Å². The van der Waals surface area contributed by atoms with Gasteiger partial charge in [-0.3, -0.25) is 14.5 Å². The lowest BCUT2D eigenvalue weighted by molar-refractivity contribution is 0.111. The first-order valence-electron chi connectivity index (χ1n) is 7.95. The number of aromatic nitrogens is 4. The Bertz CT molecular complexity index is 894. The maximum Gasteiger partial charge on any atom is 0.213 e. The molecule has 3 heterocycles. The van der Waals surface area contributed by atoms with Crippen LogP contribution in [-0.4, -0.2) is 44.9 Å². The molecule has 0 spiro atoms.